The maximum absolute atomic E-state index is 11.5. The number of carbonyl (C=O) groups is 4. The molecule has 0 radical (unpaired) electrons. The van der Waals surface area contributed by atoms with E-state index in [1.54, 1.807) is 0 Å². The summed E-state index contributed by atoms with van der Waals surface area (Å²) in [5.41, 5.74) is 0. The lowest BCUT2D eigenvalue weighted by molar-refractivity contribution is -0.300. The molecule has 1 saturated heterocycles. The van der Waals surface area contributed by atoms with Gasteiger partial charge in [0.25, 0.3) is 0 Å². The summed E-state index contributed by atoms with van der Waals surface area (Å²) in [7, 11) is 1.38. The van der Waals surface area contributed by atoms with Crippen molar-refractivity contribution in [2.24, 2.45) is 0 Å². The van der Waals surface area contributed by atoms with Gasteiger partial charge in [-0.15, -0.1) is 0 Å². The smallest absolute Gasteiger partial charge is 0.305 e. The van der Waals surface area contributed by atoms with E-state index in [-0.39, 0.29) is 6.61 Å². The van der Waals surface area contributed by atoms with Crippen LogP contribution in [0.4, 0.5) is 0 Å². The Hall–Kier alpha value is -2.20. The van der Waals surface area contributed by atoms with Gasteiger partial charge in [-0.05, 0) is 0 Å². The Morgan fingerprint density at radius 1 is 0.720 bits per heavy atom. The van der Waals surface area contributed by atoms with E-state index in [1.807, 2.05) is 0 Å². The molecule has 10 heteroatoms. The molecule has 142 valence electrons. The predicted molar refractivity (Wildman–Crippen MR) is 79.0 cm³/mol. The Balaban J connectivity index is 3.25. The molecule has 0 amide bonds. The van der Waals surface area contributed by atoms with Gasteiger partial charge in [-0.25, -0.2) is 0 Å². The van der Waals surface area contributed by atoms with E-state index in [9.17, 15) is 19.2 Å². The molecule has 1 heterocycles. The minimum atomic E-state index is -1.36. The van der Waals surface area contributed by atoms with E-state index < -0.39 is 54.6 Å². The second-order valence-electron chi connectivity index (χ2n) is 5.33. The van der Waals surface area contributed by atoms with Crippen LogP contribution in [0.25, 0.3) is 0 Å². The minimum absolute atomic E-state index is 0.0553. The van der Waals surface area contributed by atoms with Crippen LogP contribution in [-0.4, -0.2) is 68.3 Å². The van der Waals surface area contributed by atoms with Crippen LogP contribution in [0.3, 0.4) is 0 Å². The Morgan fingerprint density at radius 3 is 1.60 bits per heavy atom. The Morgan fingerprint density at radius 2 is 1.16 bits per heavy atom. The van der Waals surface area contributed by atoms with E-state index in [1.165, 1.54) is 7.11 Å². The second-order valence-corrected chi connectivity index (χ2v) is 5.33. The molecule has 5 atom stereocenters. The zero-order valence-corrected chi connectivity index (χ0v) is 14.7. The second kappa shape index (κ2) is 9.33. The molecule has 0 N–H and O–H groups in total. The highest BCUT2D eigenvalue weighted by Crippen LogP contribution is 2.29. The van der Waals surface area contributed by atoms with Crippen molar-refractivity contribution in [2.45, 2.75) is 58.4 Å². The Kier molecular flexibility index (Phi) is 7.78. The standard InChI is InChI=1S/C15H22O10/c1-7(16)21-12-11(6-20-5)25-15(24-10(4)19)14(23-9(3)18)13(12)22-8(2)17/h11-15H,6H2,1-5H3/t11-,12-,13+,14+,15-/m1/s1. The summed E-state index contributed by atoms with van der Waals surface area (Å²) < 4.78 is 31.1. The molecule has 1 aliphatic rings. The molecule has 0 aromatic heterocycles. The van der Waals surface area contributed by atoms with Gasteiger partial charge in [0.05, 0.1) is 6.61 Å². The highest BCUT2D eigenvalue weighted by Gasteiger charge is 2.53. The fraction of sp³-hybridized carbons (Fsp3) is 0.733. The normalized spacial score (nSPS) is 28.6. The summed E-state index contributed by atoms with van der Waals surface area (Å²) in [6.07, 6.45) is -5.98. The quantitative estimate of drug-likeness (QED) is 0.460. The minimum Gasteiger partial charge on any atom is -0.456 e. The van der Waals surface area contributed by atoms with Crippen LogP contribution in [0.15, 0.2) is 0 Å². The lowest BCUT2D eigenvalue weighted by Gasteiger charge is -2.43. The van der Waals surface area contributed by atoms with E-state index in [2.05, 4.69) is 0 Å². The molecular formula is C15H22O10. The Labute approximate surface area is 144 Å². The maximum atomic E-state index is 11.5. The first-order chi connectivity index (χ1) is 11.6. The van der Waals surface area contributed by atoms with Crippen molar-refractivity contribution < 1.29 is 47.6 Å². The van der Waals surface area contributed by atoms with Gasteiger partial charge in [-0.1, -0.05) is 0 Å². The van der Waals surface area contributed by atoms with Crippen LogP contribution >= 0.6 is 0 Å². The van der Waals surface area contributed by atoms with Crippen molar-refractivity contribution in [3.63, 3.8) is 0 Å². The molecule has 25 heavy (non-hydrogen) atoms. The van der Waals surface area contributed by atoms with Crippen molar-refractivity contribution in [3.05, 3.63) is 0 Å². The molecule has 0 saturated carbocycles. The lowest BCUT2D eigenvalue weighted by Crippen LogP contribution is -2.63. The average molecular weight is 362 g/mol. The molecule has 0 aromatic rings. The fourth-order valence-electron chi connectivity index (χ4n) is 2.41. The molecule has 1 aliphatic heterocycles. The number of hydrogen-bond acceptors (Lipinski definition) is 10. The molecule has 1 rings (SSSR count). The number of esters is 4. The molecule has 1 fully saturated rings. The molecule has 0 bridgehead atoms. The van der Waals surface area contributed by atoms with Crippen molar-refractivity contribution >= 4 is 23.9 Å². The molecule has 10 nitrogen and oxygen atoms in total. The van der Waals surface area contributed by atoms with E-state index in [0.29, 0.717) is 0 Å². The SMILES string of the molecule is COC[C@H]1O[C@@H](OC(C)=O)[C@@H](OC(C)=O)[C@@H](OC(C)=O)[C@@H]1OC(C)=O. The topological polar surface area (TPSA) is 124 Å². The summed E-state index contributed by atoms with van der Waals surface area (Å²) in [6.45, 7) is 4.50. The van der Waals surface area contributed by atoms with Gasteiger partial charge >= 0.3 is 23.9 Å². The lowest BCUT2D eigenvalue weighted by atomic mass is 9.98. The summed E-state index contributed by atoms with van der Waals surface area (Å²) in [6, 6.07) is 0. The van der Waals surface area contributed by atoms with Crippen LogP contribution in [0, 0.1) is 0 Å². The zero-order chi connectivity index (χ0) is 19.1. The Bertz CT molecular complexity index is 516. The molecule has 0 aliphatic carbocycles. The molecule has 0 unspecified atom stereocenters. The van der Waals surface area contributed by atoms with Gasteiger partial charge in [-0.2, -0.15) is 0 Å². The number of rotatable bonds is 6. The molecule has 0 spiro atoms. The predicted octanol–water partition coefficient (Wildman–Crippen LogP) is -0.284. The van der Waals surface area contributed by atoms with Crippen LogP contribution in [0.1, 0.15) is 27.7 Å². The first-order valence-corrected chi connectivity index (χ1v) is 7.49. The van der Waals surface area contributed by atoms with Crippen LogP contribution in [0.5, 0.6) is 0 Å². The third-order valence-electron chi connectivity index (χ3n) is 3.11. The van der Waals surface area contributed by atoms with Crippen LogP contribution < -0.4 is 0 Å². The number of methoxy groups -OCH3 is 1. The van der Waals surface area contributed by atoms with Crippen molar-refractivity contribution in [3.8, 4) is 0 Å². The highest BCUT2D eigenvalue weighted by molar-refractivity contribution is 5.69. The third kappa shape index (κ3) is 6.31. The first-order valence-electron chi connectivity index (χ1n) is 7.49. The summed E-state index contributed by atoms with van der Waals surface area (Å²) in [5.74, 6) is -2.81. The van der Waals surface area contributed by atoms with Crippen molar-refractivity contribution in [1.82, 2.24) is 0 Å². The average Bonchev–Trinajstić information content (AvgIpc) is 2.45. The monoisotopic (exact) mass is 362 g/mol. The summed E-state index contributed by atoms with van der Waals surface area (Å²) in [5, 5.41) is 0. The van der Waals surface area contributed by atoms with Gasteiger partial charge in [0.15, 0.2) is 12.2 Å². The number of hydrogen-bond donors (Lipinski definition) is 0. The number of ether oxygens (including phenoxy) is 6. The molecule has 0 aromatic carbocycles. The van der Waals surface area contributed by atoms with Crippen LogP contribution in [-0.2, 0) is 47.6 Å². The van der Waals surface area contributed by atoms with Gasteiger partial charge < -0.3 is 28.4 Å². The van der Waals surface area contributed by atoms with Gasteiger partial charge in [-0.3, -0.25) is 19.2 Å². The molecular weight excluding hydrogens is 340 g/mol. The van der Waals surface area contributed by atoms with Crippen molar-refractivity contribution in [2.75, 3.05) is 13.7 Å². The maximum Gasteiger partial charge on any atom is 0.305 e. The van der Waals surface area contributed by atoms with Gasteiger partial charge in [0, 0.05) is 34.8 Å². The summed E-state index contributed by atoms with van der Waals surface area (Å²) >= 11 is 0. The van der Waals surface area contributed by atoms with E-state index in [4.69, 9.17) is 28.4 Å². The van der Waals surface area contributed by atoms with Crippen LogP contribution in [0.2, 0.25) is 0 Å². The summed E-state index contributed by atoms with van der Waals surface area (Å²) in [4.78, 5) is 45.7. The first kappa shape index (κ1) is 20.8. The largest absolute Gasteiger partial charge is 0.456 e. The van der Waals surface area contributed by atoms with Gasteiger partial charge in [0.1, 0.15) is 6.10 Å². The van der Waals surface area contributed by atoms with E-state index in [0.717, 1.165) is 27.7 Å². The van der Waals surface area contributed by atoms with E-state index >= 15 is 0 Å². The van der Waals surface area contributed by atoms with Gasteiger partial charge in [0.2, 0.25) is 12.4 Å². The van der Waals surface area contributed by atoms with Crippen molar-refractivity contribution in [1.29, 1.82) is 0 Å². The zero-order valence-electron chi connectivity index (χ0n) is 14.7. The number of carbonyl (C=O) groups excluding carboxylic acids is 4. The fourth-order valence-corrected chi connectivity index (χ4v) is 2.41. The highest BCUT2D eigenvalue weighted by atomic mass is 16.7. The third-order valence-corrected chi connectivity index (χ3v) is 3.11.